The van der Waals surface area contributed by atoms with Crippen molar-refractivity contribution < 1.29 is 21.6 Å². The highest BCUT2D eigenvalue weighted by Crippen LogP contribution is 2.35. The van der Waals surface area contributed by atoms with Crippen LogP contribution in [0.1, 0.15) is 5.82 Å². The monoisotopic (exact) mass is 367 g/mol. The lowest BCUT2D eigenvalue weighted by atomic mass is 10.1. The van der Waals surface area contributed by atoms with Crippen molar-refractivity contribution in [3.05, 3.63) is 60.4 Å². The maximum atomic E-state index is 13.0. The molecule has 5 nitrogen and oxygen atoms in total. The second-order valence-corrected chi connectivity index (χ2v) is 6.80. The van der Waals surface area contributed by atoms with Crippen molar-refractivity contribution in [2.45, 2.75) is 11.1 Å². The maximum absolute atomic E-state index is 13.0. The van der Waals surface area contributed by atoms with Gasteiger partial charge in [0, 0.05) is 11.1 Å². The molecule has 25 heavy (non-hydrogen) atoms. The summed E-state index contributed by atoms with van der Waals surface area (Å²) in [6, 6.07) is 13.6. The largest absolute Gasteiger partial charge is 0.449 e. The Bertz CT molecular complexity index is 995. The molecule has 3 N–H and O–H groups in total. The van der Waals surface area contributed by atoms with Gasteiger partial charge in [-0.2, -0.15) is 13.2 Å². The van der Waals surface area contributed by atoms with Crippen molar-refractivity contribution in [1.82, 2.24) is 9.97 Å². The van der Waals surface area contributed by atoms with E-state index in [-0.39, 0.29) is 16.3 Å². The number of aromatic nitrogens is 2. The molecule has 0 aliphatic heterocycles. The molecule has 1 heterocycles. The van der Waals surface area contributed by atoms with Crippen molar-refractivity contribution in [2.75, 3.05) is 0 Å². The first-order valence-electron chi connectivity index (χ1n) is 7.02. The van der Waals surface area contributed by atoms with Crippen LogP contribution >= 0.6 is 0 Å². The highest BCUT2D eigenvalue weighted by Gasteiger charge is 2.36. The summed E-state index contributed by atoms with van der Waals surface area (Å²) in [5.74, 6) is -1.13. The molecule has 3 rings (SSSR count). The van der Waals surface area contributed by atoms with Crippen LogP contribution < -0.4 is 5.14 Å². The molecule has 0 unspecified atom stereocenters. The number of hydrogen-bond acceptors (Lipinski definition) is 3. The fourth-order valence-corrected chi connectivity index (χ4v) is 2.85. The predicted octanol–water partition coefficient (Wildman–Crippen LogP) is 3.41. The summed E-state index contributed by atoms with van der Waals surface area (Å²) in [7, 11) is -3.89. The first kappa shape index (κ1) is 17.2. The van der Waals surface area contributed by atoms with Crippen LogP contribution in [0, 0.1) is 0 Å². The lowest BCUT2D eigenvalue weighted by molar-refractivity contribution is -0.144. The lowest BCUT2D eigenvalue weighted by Crippen LogP contribution is -2.11. The number of aromatic amines is 1. The number of alkyl halides is 3. The third kappa shape index (κ3) is 3.57. The molecule has 0 radical (unpaired) electrons. The Balaban J connectivity index is 2.16. The van der Waals surface area contributed by atoms with Gasteiger partial charge in [0.05, 0.1) is 16.3 Å². The van der Waals surface area contributed by atoms with E-state index in [0.29, 0.717) is 11.1 Å². The number of nitrogens with two attached hydrogens (primary N) is 1. The van der Waals surface area contributed by atoms with E-state index in [0.717, 1.165) is 0 Å². The molecule has 1 aromatic heterocycles. The number of H-pyrrole nitrogens is 1. The van der Waals surface area contributed by atoms with Gasteiger partial charge in [0.1, 0.15) is 0 Å². The SMILES string of the molecule is NS(=O)(=O)c1ccc(-c2nc(C(F)(F)F)[nH]c2-c2ccccc2)cc1. The van der Waals surface area contributed by atoms with E-state index in [1.807, 2.05) is 0 Å². The van der Waals surface area contributed by atoms with Gasteiger partial charge in [-0.15, -0.1) is 0 Å². The number of primary sulfonamides is 1. The predicted molar refractivity (Wildman–Crippen MR) is 85.8 cm³/mol. The molecular formula is C16H12F3N3O2S. The Morgan fingerprint density at radius 3 is 2.04 bits per heavy atom. The van der Waals surface area contributed by atoms with Gasteiger partial charge in [-0.1, -0.05) is 42.5 Å². The summed E-state index contributed by atoms with van der Waals surface area (Å²) in [4.78, 5) is 5.83. The average Bonchev–Trinajstić information content (AvgIpc) is 3.00. The standard InChI is InChI=1S/C16H12F3N3O2S/c17-16(18,19)15-21-13(10-4-2-1-3-5-10)14(22-15)11-6-8-12(9-7-11)25(20,23)24/h1-9H,(H,21,22)(H2,20,23,24). The summed E-state index contributed by atoms with van der Waals surface area (Å²) >= 11 is 0. The van der Waals surface area contributed by atoms with Crippen LogP contribution in [0.4, 0.5) is 13.2 Å². The maximum Gasteiger partial charge on any atom is 0.449 e. The van der Waals surface area contributed by atoms with Gasteiger partial charge >= 0.3 is 6.18 Å². The van der Waals surface area contributed by atoms with E-state index in [4.69, 9.17) is 5.14 Å². The molecule has 0 atom stereocenters. The zero-order valence-corrected chi connectivity index (χ0v) is 13.4. The summed E-state index contributed by atoms with van der Waals surface area (Å²) in [5, 5.41) is 5.03. The van der Waals surface area contributed by atoms with Gasteiger partial charge in [0.25, 0.3) is 0 Å². The normalized spacial score (nSPS) is 12.3. The molecule has 0 saturated carbocycles. The van der Waals surface area contributed by atoms with Crippen molar-refractivity contribution in [3.8, 4) is 22.5 Å². The number of benzene rings is 2. The van der Waals surface area contributed by atoms with Crippen molar-refractivity contribution >= 4 is 10.0 Å². The number of nitrogens with one attached hydrogen (secondary N) is 1. The molecule has 0 saturated heterocycles. The van der Waals surface area contributed by atoms with Crippen molar-refractivity contribution in [3.63, 3.8) is 0 Å². The van der Waals surface area contributed by atoms with Crippen LogP contribution in [0.3, 0.4) is 0 Å². The Kier molecular flexibility index (Phi) is 4.13. The summed E-state index contributed by atoms with van der Waals surface area (Å²) < 4.78 is 61.8. The van der Waals surface area contributed by atoms with E-state index in [2.05, 4.69) is 9.97 Å². The van der Waals surface area contributed by atoms with Crippen molar-refractivity contribution in [2.24, 2.45) is 5.14 Å². The van der Waals surface area contributed by atoms with Crippen LogP contribution in [0.15, 0.2) is 59.5 Å². The van der Waals surface area contributed by atoms with Gasteiger partial charge in [-0.3, -0.25) is 0 Å². The van der Waals surface area contributed by atoms with Crippen LogP contribution in [-0.4, -0.2) is 18.4 Å². The molecule has 0 aliphatic rings. The summed E-state index contributed by atoms with van der Waals surface area (Å²) in [6.45, 7) is 0. The summed E-state index contributed by atoms with van der Waals surface area (Å²) in [5.41, 5.74) is 1.12. The Labute approximate surface area is 141 Å². The molecule has 130 valence electrons. The van der Waals surface area contributed by atoms with Crippen LogP contribution in [0.2, 0.25) is 0 Å². The topological polar surface area (TPSA) is 88.8 Å². The lowest BCUT2D eigenvalue weighted by Gasteiger charge is -2.04. The van der Waals surface area contributed by atoms with Crippen LogP contribution in [-0.2, 0) is 16.2 Å². The van der Waals surface area contributed by atoms with Gasteiger partial charge in [-0.25, -0.2) is 18.5 Å². The highest BCUT2D eigenvalue weighted by atomic mass is 32.2. The van der Waals surface area contributed by atoms with Gasteiger partial charge in [0.15, 0.2) is 0 Å². The van der Waals surface area contributed by atoms with Gasteiger partial charge in [0.2, 0.25) is 15.8 Å². The highest BCUT2D eigenvalue weighted by molar-refractivity contribution is 7.89. The minimum Gasteiger partial charge on any atom is -0.334 e. The minimum atomic E-state index is -4.64. The van der Waals surface area contributed by atoms with E-state index < -0.39 is 22.0 Å². The molecular weight excluding hydrogens is 355 g/mol. The number of halogens is 3. The zero-order valence-electron chi connectivity index (χ0n) is 12.6. The fraction of sp³-hybridized carbons (Fsp3) is 0.0625. The number of rotatable bonds is 3. The van der Waals surface area contributed by atoms with Crippen LogP contribution in [0.25, 0.3) is 22.5 Å². The Hall–Kier alpha value is -2.65. The molecule has 0 aliphatic carbocycles. The van der Waals surface area contributed by atoms with E-state index in [1.54, 1.807) is 30.3 Å². The second kappa shape index (κ2) is 6.01. The molecule has 0 spiro atoms. The van der Waals surface area contributed by atoms with Crippen LogP contribution in [0.5, 0.6) is 0 Å². The zero-order chi connectivity index (χ0) is 18.2. The number of nitrogens with zero attached hydrogens (tertiary/aromatic N) is 1. The van der Waals surface area contributed by atoms with Crippen molar-refractivity contribution in [1.29, 1.82) is 0 Å². The second-order valence-electron chi connectivity index (χ2n) is 5.24. The Morgan fingerprint density at radius 1 is 0.920 bits per heavy atom. The third-order valence-corrected chi connectivity index (χ3v) is 4.42. The fourth-order valence-electron chi connectivity index (χ4n) is 2.33. The molecule has 9 heteroatoms. The first-order chi connectivity index (χ1) is 11.7. The first-order valence-corrected chi connectivity index (χ1v) is 8.57. The Morgan fingerprint density at radius 2 is 1.52 bits per heavy atom. The quantitative estimate of drug-likeness (QED) is 0.743. The molecule has 0 amide bonds. The average molecular weight is 367 g/mol. The van der Waals surface area contributed by atoms with Gasteiger partial charge < -0.3 is 4.98 Å². The molecule has 3 aromatic rings. The number of sulfonamides is 1. The smallest absolute Gasteiger partial charge is 0.334 e. The van der Waals surface area contributed by atoms with E-state index >= 15 is 0 Å². The third-order valence-electron chi connectivity index (χ3n) is 3.49. The molecule has 0 fully saturated rings. The number of imidazole rings is 1. The minimum absolute atomic E-state index is 0.0690. The molecule has 2 aromatic carbocycles. The van der Waals surface area contributed by atoms with Gasteiger partial charge in [-0.05, 0) is 12.1 Å². The summed E-state index contributed by atoms with van der Waals surface area (Å²) in [6.07, 6.45) is -4.64. The van der Waals surface area contributed by atoms with E-state index in [9.17, 15) is 21.6 Å². The molecule has 0 bridgehead atoms. The van der Waals surface area contributed by atoms with E-state index in [1.165, 1.54) is 24.3 Å². The number of hydrogen-bond donors (Lipinski definition) is 2.